The number of anilines is 1. The molecule has 0 radical (unpaired) electrons. The molecule has 2 N–H and O–H groups in total. The van der Waals surface area contributed by atoms with Crippen LogP contribution in [0.3, 0.4) is 0 Å². The topological polar surface area (TPSA) is 58.2 Å². The van der Waals surface area contributed by atoms with Crippen LogP contribution in [0.5, 0.6) is 0 Å². The molecule has 2 aromatic rings. The van der Waals surface area contributed by atoms with Crippen molar-refractivity contribution in [3.05, 3.63) is 51.7 Å². The van der Waals surface area contributed by atoms with Crippen molar-refractivity contribution in [3.63, 3.8) is 0 Å². The van der Waals surface area contributed by atoms with Gasteiger partial charge in [-0.3, -0.25) is 9.59 Å². The molecule has 0 spiro atoms. The summed E-state index contributed by atoms with van der Waals surface area (Å²) in [6.07, 6.45) is 0. The fourth-order valence-electron chi connectivity index (χ4n) is 1.54. The highest BCUT2D eigenvalue weighted by atomic mass is 35.5. The lowest BCUT2D eigenvalue weighted by atomic mass is 10.2. The fraction of sp³-hybridized carbons (Fsp3) is 0.143. The molecule has 0 aliphatic heterocycles. The zero-order valence-electron chi connectivity index (χ0n) is 10.7. The summed E-state index contributed by atoms with van der Waals surface area (Å²) in [5.41, 5.74) is 0.524. The molecule has 20 heavy (non-hydrogen) atoms. The van der Waals surface area contributed by atoms with Gasteiger partial charge < -0.3 is 10.6 Å². The summed E-state index contributed by atoms with van der Waals surface area (Å²) < 4.78 is 0. The van der Waals surface area contributed by atoms with E-state index in [1.54, 1.807) is 43.3 Å². The molecule has 2 amide bonds. The van der Waals surface area contributed by atoms with Crippen molar-refractivity contribution < 1.29 is 9.59 Å². The molecule has 0 saturated carbocycles. The van der Waals surface area contributed by atoms with Crippen LogP contribution >= 0.6 is 22.9 Å². The van der Waals surface area contributed by atoms with Crippen molar-refractivity contribution in [1.29, 1.82) is 0 Å². The van der Waals surface area contributed by atoms with E-state index in [1.165, 1.54) is 11.3 Å². The minimum absolute atomic E-state index is 0.262. The Kier molecular flexibility index (Phi) is 4.76. The van der Waals surface area contributed by atoms with Crippen LogP contribution in [0.1, 0.15) is 16.6 Å². The van der Waals surface area contributed by atoms with E-state index in [2.05, 4.69) is 10.6 Å². The van der Waals surface area contributed by atoms with E-state index in [1.807, 2.05) is 5.38 Å². The van der Waals surface area contributed by atoms with Gasteiger partial charge in [-0.25, -0.2) is 0 Å². The molecule has 2 rings (SSSR count). The summed E-state index contributed by atoms with van der Waals surface area (Å²) in [6.45, 7) is 1.62. The number of carbonyl (C=O) groups excluding carboxylic acids is 2. The lowest BCUT2D eigenvalue weighted by Crippen LogP contribution is -2.41. The Bertz CT molecular complexity index is 613. The van der Waals surface area contributed by atoms with Crippen molar-refractivity contribution in [2.24, 2.45) is 0 Å². The number of thiophene rings is 1. The highest BCUT2D eigenvalue weighted by molar-refractivity contribution is 7.12. The summed E-state index contributed by atoms with van der Waals surface area (Å²) in [5.74, 6) is -0.579. The molecule has 0 aliphatic rings. The molecule has 4 nitrogen and oxygen atoms in total. The van der Waals surface area contributed by atoms with Gasteiger partial charge in [0.05, 0.1) is 15.6 Å². The lowest BCUT2D eigenvalue weighted by molar-refractivity contribution is -0.117. The van der Waals surface area contributed by atoms with E-state index < -0.39 is 6.04 Å². The fourth-order valence-corrected chi connectivity index (χ4v) is 2.35. The summed E-state index contributed by atoms with van der Waals surface area (Å²) in [7, 11) is 0. The Labute approximate surface area is 125 Å². The monoisotopic (exact) mass is 308 g/mol. The van der Waals surface area contributed by atoms with E-state index in [9.17, 15) is 9.59 Å². The Morgan fingerprint density at radius 2 is 1.95 bits per heavy atom. The molecule has 1 atom stereocenters. The molecule has 1 aromatic heterocycles. The maximum absolute atomic E-state index is 12.0. The Morgan fingerprint density at radius 1 is 1.20 bits per heavy atom. The van der Waals surface area contributed by atoms with E-state index in [4.69, 9.17) is 11.6 Å². The largest absolute Gasteiger partial charge is 0.340 e. The zero-order valence-corrected chi connectivity index (χ0v) is 12.3. The molecule has 1 heterocycles. The van der Waals surface area contributed by atoms with E-state index in [0.717, 1.165) is 0 Å². The highest BCUT2D eigenvalue weighted by Gasteiger charge is 2.17. The normalized spacial score (nSPS) is 11.7. The molecule has 104 valence electrons. The van der Waals surface area contributed by atoms with E-state index >= 15 is 0 Å². The van der Waals surface area contributed by atoms with Gasteiger partial charge in [-0.15, -0.1) is 11.3 Å². The number of amides is 2. The van der Waals surface area contributed by atoms with Crippen molar-refractivity contribution in [2.45, 2.75) is 13.0 Å². The van der Waals surface area contributed by atoms with Crippen LogP contribution in [0.25, 0.3) is 0 Å². The third-order valence-corrected chi connectivity index (χ3v) is 3.82. The van der Waals surface area contributed by atoms with Gasteiger partial charge in [-0.2, -0.15) is 0 Å². The van der Waals surface area contributed by atoms with Crippen LogP contribution in [-0.4, -0.2) is 17.9 Å². The minimum atomic E-state index is -0.652. The maximum Gasteiger partial charge on any atom is 0.261 e. The number of hydrogen-bond acceptors (Lipinski definition) is 3. The molecule has 0 bridgehead atoms. The molecule has 6 heteroatoms. The minimum Gasteiger partial charge on any atom is -0.340 e. The van der Waals surface area contributed by atoms with Crippen molar-refractivity contribution in [1.82, 2.24) is 5.32 Å². The summed E-state index contributed by atoms with van der Waals surface area (Å²) >= 11 is 7.29. The van der Waals surface area contributed by atoms with Gasteiger partial charge in [0.15, 0.2) is 0 Å². The van der Waals surface area contributed by atoms with Crippen molar-refractivity contribution in [2.75, 3.05) is 5.32 Å². The number of rotatable bonds is 4. The third-order valence-electron chi connectivity index (χ3n) is 2.62. The quantitative estimate of drug-likeness (QED) is 0.911. The molecule has 1 aromatic carbocycles. The second-order valence-corrected chi connectivity index (χ2v) is 5.50. The molecular formula is C14H13ClN2O2S. The standard InChI is InChI=1S/C14H13ClN2O2S/c1-9(16-14(19)12-7-4-8-20-12)13(18)17-11-6-3-2-5-10(11)15/h2-9H,1H3,(H,16,19)(H,17,18)/t9-/m0/s1. The molecule has 0 saturated heterocycles. The Balaban J connectivity index is 1.96. The van der Waals surface area contributed by atoms with E-state index in [0.29, 0.717) is 15.6 Å². The van der Waals surface area contributed by atoms with Crippen LogP contribution in [0.4, 0.5) is 5.69 Å². The number of para-hydroxylation sites is 1. The zero-order chi connectivity index (χ0) is 14.5. The molecule has 0 fully saturated rings. The Hall–Kier alpha value is -1.85. The van der Waals surface area contributed by atoms with Crippen LogP contribution < -0.4 is 10.6 Å². The summed E-state index contributed by atoms with van der Waals surface area (Å²) in [6, 6.07) is 9.78. The predicted octanol–water partition coefficient (Wildman–Crippen LogP) is 3.16. The molecule has 0 aliphatic carbocycles. The van der Waals surface area contributed by atoms with Crippen LogP contribution in [0.15, 0.2) is 41.8 Å². The number of hydrogen-bond donors (Lipinski definition) is 2. The van der Waals surface area contributed by atoms with Gasteiger partial charge in [0.2, 0.25) is 5.91 Å². The summed E-state index contributed by atoms with van der Waals surface area (Å²) in [5, 5.41) is 7.58. The molecular weight excluding hydrogens is 296 g/mol. The van der Waals surface area contributed by atoms with Crippen LogP contribution in [0.2, 0.25) is 5.02 Å². The number of nitrogens with one attached hydrogen (secondary N) is 2. The number of benzene rings is 1. The average molecular weight is 309 g/mol. The van der Waals surface area contributed by atoms with Crippen molar-refractivity contribution in [3.8, 4) is 0 Å². The first-order valence-electron chi connectivity index (χ1n) is 5.97. The maximum atomic E-state index is 12.0. The van der Waals surface area contributed by atoms with E-state index in [-0.39, 0.29) is 11.8 Å². The summed E-state index contributed by atoms with van der Waals surface area (Å²) in [4.78, 5) is 24.4. The van der Waals surface area contributed by atoms with Crippen molar-refractivity contribution >= 4 is 40.4 Å². The van der Waals surface area contributed by atoms with Crippen LogP contribution in [0, 0.1) is 0 Å². The average Bonchev–Trinajstić information content (AvgIpc) is 2.95. The molecule has 0 unspecified atom stereocenters. The second kappa shape index (κ2) is 6.54. The third kappa shape index (κ3) is 3.59. The van der Waals surface area contributed by atoms with Gasteiger partial charge >= 0.3 is 0 Å². The van der Waals surface area contributed by atoms with Gasteiger partial charge in [0.1, 0.15) is 6.04 Å². The number of halogens is 1. The first-order chi connectivity index (χ1) is 9.58. The predicted molar refractivity (Wildman–Crippen MR) is 81.3 cm³/mol. The van der Waals surface area contributed by atoms with Gasteiger partial charge in [0.25, 0.3) is 5.91 Å². The van der Waals surface area contributed by atoms with Gasteiger partial charge in [-0.05, 0) is 30.5 Å². The Morgan fingerprint density at radius 3 is 2.60 bits per heavy atom. The first kappa shape index (κ1) is 14.6. The first-order valence-corrected chi connectivity index (χ1v) is 7.23. The van der Waals surface area contributed by atoms with Gasteiger partial charge in [-0.1, -0.05) is 29.8 Å². The van der Waals surface area contributed by atoms with Crippen LogP contribution in [-0.2, 0) is 4.79 Å². The highest BCUT2D eigenvalue weighted by Crippen LogP contribution is 2.20. The SMILES string of the molecule is C[C@H](NC(=O)c1cccs1)C(=O)Nc1ccccc1Cl. The lowest BCUT2D eigenvalue weighted by Gasteiger charge is -2.14. The van der Waals surface area contributed by atoms with Gasteiger partial charge in [0, 0.05) is 0 Å². The smallest absolute Gasteiger partial charge is 0.261 e. The second-order valence-electron chi connectivity index (χ2n) is 4.14. The number of carbonyl (C=O) groups is 2.